The molecule has 2 aliphatic rings. The predicted molar refractivity (Wildman–Crippen MR) is 105 cm³/mol. The van der Waals surface area contributed by atoms with E-state index in [1.54, 1.807) is 22.8 Å². The Balaban J connectivity index is 1.44. The highest BCUT2D eigenvalue weighted by atomic mass is 35.5. The molecule has 0 spiro atoms. The minimum Gasteiger partial charge on any atom is -0.408 e. The molecule has 27 heavy (non-hydrogen) atoms. The molecule has 0 bridgehead atoms. The first kappa shape index (κ1) is 18.6. The fraction of sp³-hybridized carbons (Fsp3) is 0.600. The van der Waals surface area contributed by atoms with E-state index in [1.165, 1.54) is 19.3 Å². The summed E-state index contributed by atoms with van der Waals surface area (Å²) in [5.74, 6) is -0.263. The third-order valence-corrected chi connectivity index (χ3v) is 5.99. The molecule has 1 aliphatic heterocycles. The molecule has 0 radical (unpaired) electrons. The van der Waals surface area contributed by atoms with Crippen molar-refractivity contribution in [1.29, 1.82) is 0 Å². The summed E-state index contributed by atoms with van der Waals surface area (Å²) in [4.78, 5) is 27.0. The lowest BCUT2D eigenvalue weighted by molar-refractivity contribution is -0.123. The van der Waals surface area contributed by atoms with Gasteiger partial charge in [-0.1, -0.05) is 30.9 Å². The van der Waals surface area contributed by atoms with Crippen LogP contribution in [-0.2, 0) is 4.79 Å². The molecule has 1 amide bonds. The van der Waals surface area contributed by atoms with Crippen molar-refractivity contribution in [1.82, 2.24) is 14.8 Å². The minimum absolute atomic E-state index is 0.00607. The van der Waals surface area contributed by atoms with Crippen LogP contribution in [0.25, 0.3) is 11.1 Å². The lowest BCUT2D eigenvalue weighted by Crippen LogP contribution is -2.46. The van der Waals surface area contributed by atoms with Gasteiger partial charge in [0.2, 0.25) is 5.91 Å². The molecule has 1 saturated carbocycles. The zero-order chi connectivity index (χ0) is 18.8. The number of piperidine rings is 1. The summed E-state index contributed by atoms with van der Waals surface area (Å²) >= 11 is 6.11. The normalized spacial score (nSPS) is 22.2. The number of hydrogen-bond donors (Lipinski definition) is 1. The highest BCUT2D eigenvalue weighted by Crippen LogP contribution is 2.26. The number of hydrogen-bond acceptors (Lipinski definition) is 4. The van der Waals surface area contributed by atoms with Crippen molar-refractivity contribution in [2.45, 2.75) is 57.0 Å². The van der Waals surface area contributed by atoms with Gasteiger partial charge >= 0.3 is 5.76 Å². The van der Waals surface area contributed by atoms with Gasteiger partial charge in [-0.25, -0.2) is 4.79 Å². The molecule has 7 heteroatoms. The second kappa shape index (κ2) is 8.07. The summed E-state index contributed by atoms with van der Waals surface area (Å²) in [7, 11) is 0. The van der Waals surface area contributed by atoms with Crippen LogP contribution in [0.4, 0.5) is 0 Å². The molecule has 0 unspecified atom stereocenters. The van der Waals surface area contributed by atoms with Gasteiger partial charge in [-0.15, -0.1) is 0 Å². The van der Waals surface area contributed by atoms with Crippen molar-refractivity contribution in [2.75, 3.05) is 19.6 Å². The molecule has 1 saturated heterocycles. The lowest BCUT2D eigenvalue weighted by atomic mass is 9.95. The van der Waals surface area contributed by atoms with Crippen LogP contribution in [0.2, 0.25) is 5.02 Å². The third kappa shape index (κ3) is 4.22. The lowest BCUT2D eigenvalue weighted by Gasteiger charge is -2.33. The van der Waals surface area contributed by atoms with Crippen LogP contribution in [0.3, 0.4) is 0 Å². The number of rotatable bonds is 4. The molecule has 1 aliphatic carbocycles. The first-order chi connectivity index (χ1) is 13.1. The number of halogens is 1. The fourth-order valence-electron chi connectivity index (χ4n) is 4.46. The maximum absolute atomic E-state index is 12.4. The largest absolute Gasteiger partial charge is 0.420 e. The second-order valence-corrected chi connectivity index (χ2v) is 8.22. The maximum atomic E-state index is 12.4. The van der Waals surface area contributed by atoms with E-state index in [0.29, 0.717) is 29.7 Å². The van der Waals surface area contributed by atoms with E-state index in [9.17, 15) is 9.59 Å². The number of nitrogens with one attached hydrogen (secondary N) is 1. The van der Waals surface area contributed by atoms with Gasteiger partial charge in [0, 0.05) is 17.6 Å². The molecule has 6 nitrogen and oxygen atoms in total. The Labute approximate surface area is 163 Å². The summed E-state index contributed by atoms with van der Waals surface area (Å²) in [6, 6.07) is 5.55. The van der Waals surface area contributed by atoms with E-state index in [0.717, 1.165) is 37.7 Å². The number of likely N-dealkylation sites (tertiary alicyclic amines) is 1. The summed E-state index contributed by atoms with van der Waals surface area (Å²) < 4.78 is 7.08. The van der Waals surface area contributed by atoms with E-state index in [-0.39, 0.29) is 17.7 Å². The number of fused-ring (bicyclic) bond motifs is 1. The highest BCUT2D eigenvalue weighted by molar-refractivity contribution is 6.31. The van der Waals surface area contributed by atoms with Gasteiger partial charge in [0.25, 0.3) is 0 Å². The molecule has 4 rings (SSSR count). The second-order valence-electron chi connectivity index (χ2n) is 7.78. The van der Waals surface area contributed by atoms with Crippen molar-refractivity contribution in [3.63, 3.8) is 0 Å². The van der Waals surface area contributed by atoms with E-state index < -0.39 is 0 Å². The molecule has 1 aromatic heterocycles. The van der Waals surface area contributed by atoms with Gasteiger partial charge in [-0.2, -0.15) is 0 Å². The SMILES string of the molecule is O=C(CN1CCC[C@H](n2c(=O)oc3ccc(Cl)cc32)C1)NC1CCCCC1. The van der Waals surface area contributed by atoms with Crippen molar-refractivity contribution in [3.05, 3.63) is 33.8 Å². The number of aromatic nitrogens is 1. The van der Waals surface area contributed by atoms with Crippen molar-refractivity contribution in [3.8, 4) is 0 Å². The topological polar surface area (TPSA) is 67.5 Å². The van der Waals surface area contributed by atoms with Crippen molar-refractivity contribution < 1.29 is 9.21 Å². The van der Waals surface area contributed by atoms with E-state index >= 15 is 0 Å². The van der Waals surface area contributed by atoms with Gasteiger partial charge < -0.3 is 9.73 Å². The summed E-state index contributed by atoms with van der Waals surface area (Å²) in [5, 5.41) is 3.76. The average molecular weight is 392 g/mol. The number of amides is 1. The number of nitrogens with zero attached hydrogens (tertiary/aromatic N) is 2. The van der Waals surface area contributed by atoms with E-state index in [2.05, 4.69) is 10.2 Å². The summed E-state index contributed by atoms with van der Waals surface area (Å²) in [5.41, 5.74) is 1.28. The summed E-state index contributed by atoms with van der Waals surface area (Å²) in [6.07, 6.45) is 7.70. The monoisotopic (exact) mass is 391 g/mol. The van der Waals surface area contributed by atoms with Crippen LogP contribution < -0.4 is 11.1 Å². The Morgan fingerprint density at radius 1 is 1.19 bits per heavy atom. The third-order valence-electron chi connectivity index (χ3n) is 5.76. The van der Waals surface area contributed by atoms with Crippen LogP contribution in [0.15, 0.2) is 27.4 Å². The molecule has 1 atom stereocenters. The molecule has 1 N–H and O–H groups in total. The Morgan fingerprint density at radius 3 is 2.81 bits per heavy atom. The smallest absolute Gasteiger partial charge is 0.408 e. The minimum atomic E-state index is -0.356. The van der Waals surface area contributed by atoms with Crippen molar-refractivity contribution in [2.24, 2.45) is 0 Å². The van der Waals surface area contributed by atoms with Crippen LogP contribution in [0, 0.1) is 0 Å². The van der Waals surface area contributed by atoms with Crippen LogP contribution >= 0.6 is 11.6 Å². The molecule has 2 fully saturated rings. The van der Waals surface area contributed by atoms with E-state index in [1.807, 2.05) is 0 Å². The number of oxazole rings is 1. The molecule has 146 valence electrons. The van der Waals surface area contributed by atoms with Gasteiger partial charge in [0.15, 0.2) is 5.58 Å². The molecule has 2 heterocycles. The Bertz CT molecular complexity index is 869. The standard InChI is InChI=1S/C20H26ClN3O3/c21-14-8-9-18-17(11-14)24(20(26)27-18)16-7-4-10-23(12-16)13-19(25)22-15-5-2-1-3-6-15/h8-9,11,15-16H,1-7,10,12-13H2,(H,22,25)/t16-/m0/s1. The fourth-order valence-corrected chi connectivity index (χ4v) is 4.63. The van der Waals surface area contributed by atoms with Crippen LogP contribution in [0.5, 0.6) is 0 Å². The van der Waals surface area contributed by atoms with Gasteiger partial charge in [-0.05, 0) is 50.4 Å². The number of carbonyl (C=O) groups excluding carboxylic acids is 1. The predicted octanol–water partition coefficient (Wildman–Crippen LogP) is 3.33. The zero-order valence-electron chi connectivity index (χ0n) is 15.5. The maximum Gasteiger partial charge on any atom is 0.420 e. The van der Waals surface area contributed by atoms with Gasteiger partial charge in [0.05, 0.1) is 18.1 Å². The van der Waals surface area contributed by atoms with Crippen LogP contribution in [-0.4, -0.2) is 41.1 Å². The van der Waals surface area contributed by atoms with Crippen molar-refractivity contribution >= 4 is 28.6 Å². The first-order valence-corrected chi connectivity index (χ1v) is 10.3. The summed E-state index contributed by atoms with van der Waals surface area (Å²) in [6.45, 7) is 1.93. The molecular weight excluding hydrogens is 366 g/mol. The molecular formula is C20H26ClN3O3. The van der Waals surface area contributed by atoms with Gasteiger partial charge in [0.1, 0.15) is 0 Å². The number of carbonyl (C=O) groups is 1. The zero-order valence-corrected chi connectivity index (χ0v) is 16.2. The first-order valence-electron chi connectivity index (χ1n) is 9.92. The highest BCUT2D eigenvalue weighted by Gasteiger charge is 2.27. The average Bonchev–Trinajstić information content (AvgIpc) is 2.97. The Kier molecular flexibility index (Phi) is 5.55. The quantitative estimate of drug-likeness (QED) is 0.868. The molecule has 2 aromatic rings. The Morgan fingerprint density at radius 2 is 2.00 bits per heavy atom. The van der Waals surface area contributed by atoms with E-state index in [4.69, 9.17) is 16.0 Å². The van der Waals surface area contributed by atoms with Crippen LogP contribution in [0.1, 0.15) is 51.0 Å². The van der Waals surface area contributed by atoms with Gasteiger partial charge in [-0.3, -0.25) is 14.3 Å². The number of benzene rings is 1. The Hall–Kier alpha value is -1.79. The molecule has 1 aromatic carbocycles.